The number of hydrogen-bond acceptors (Lipinski definition) is 3. The molecule has 4 nitrogen and oxygen atoms in total. The van der Waals surface area contributed by atoms with Crippen LogP contribution in [0.2, 0.25) is 0 Å². The normalized spacial score (nSPS) is 20.8. The van der Waals surface area contributed by atoms with Gasteiger partial charge in [-0.3, -0.25) is 4.99 Å². The van der Waals surface area contributed by atoms with Crippen LogP contribution in [0, 0.1) is 0 Å². The predicted octanol–water partition coefficient (Wildman–Crippen LogP) is 3.80. The highest BCUT2D eigenvalue weighted by atomic mass is 127. The first-order valence-corrected chi connectivity index (χ1v) is 10.7. The molecule has 1 aromatic carbocycles. The van der Waals surface area contributed by atoms with Crippen LogP contribution in [0.15, 0.2) is 35.3 Å². The molecule has 26 heavy (non-hydrogen) atoms. The molecule has 0 atom stereocenters. The summed E-state index contributed by atoms with van der Waals surface area (Å²) >= 11 is 1.94. The number of hydrogen-bond donors (Lipinski definition) is 2. The third-order valence-corrected chi connectivity index (χ3v) is 6.94. The Balaban J connectivity index is 0.00000243. The Morgan fingerprint density at radius 1 is 1.12 bits per heavy atom. The smallest absolute Gasteiger partial charge is 0.191 e. The zero-order valence-electron chi connectivity index (χ0n) is 15.9. The molecule has 1 aliphatic heterocycles. The van der Waals surface area contributed by atoms with Gasteiger partial charge in [0.15, 0.2) is 5.96 Å². The molecule has 1 heterocycles. The van der Waals surface area contributed by atoms with Crippen molar-refractivity contribution in [3.63, 3.8) is 0 Å². The molecule has 1 saturated heterocycles. The van der Waals surface area contributed by atoms with Crippen LogP contribution < -0.4 is 10.6 Å². The first-order chi connectivity index (χ1) is 12.2. The van der Waals surface area contributed by atoms with Gasteiger partial charge in [0.25, 0.3) is 0 Å². The lowest BCUT2D eigenvalue weighted by atomic mass is 9.96. The molecule has 1 aliphatic carbocycles. The van der Waals surface area contributed by atoms with Crippen molar-refractivity contribution in [3.8, 4) is 0 Å². The van der Waals surface area contributed by atoms with Gasteiger partial charge in [-0.2, -0.15) is 11.8 Å². The Morgan fingerprint density at radius 2 is 1.81 bits per heavy atom. The van der Waals surface area contributed by atoms with Crippen molar-refractivity contribution in [1.82, 2.24) is 10.6 Å². The van der Waals surface area contributed by atoms with Gasteiger partial charge in [0, 0.05) is 36.5 Å². The topological polar surface area (TPSA) is 45.7 Å². The number of aliphatic imine (C=N–C) groups is 1. The highest BCUT2D eigenvalue weighted by Crippen LogP contribution is 2.47. The van der Waals surface area contributed by atoms with Gasteiger partial charge >= 0.3 is 0 Å². The second-order valence-electron chi connectivity index (χ2n) is 7.19. The van der Waals surface area contributed by atoms with Crippen LogP contribution in [0.1, 0.15) is 38.2 Å². The van der Waals surface area contributed by atoms with Gasteiger partial charge in [-0.25, -0.2) is 0 Å². The molecule has 1 aromatic rings. The number of thioether (sulfide) groups is 1. The van der Waals surface area contributed by atoms with Gasteiger partial charge in [0.1, 0.15) is 0 Å². The average Bonchev–Trinajstić information content (AvgIpc) is 3.47. The molecule has 3 rings (SSSR count). The van der Waals surface area contributed by atoms with Crippen LogP contribution in [0.4, 0.5) is 0 Å². The summed E-state index contributed by atoms with van der Waals surface area (Å²) in [6, 6.07) is 10.9. The van der Waals surface area contributed by atoms with E-state index in [4.69, 9.17) is 9.73 Å². The number of guanidine groups is 1. The van der Waals surface area contributed by atoms with Gasteiger partial charge in [0.05, 0.1) is 6.54 Å². The van der Waals surface area contributed by atoms with E-state index in [9.17, 15) is 0 Å². The summed E-state index contributed by atoms with van der Waals surface area (Å²) in [5.74, 6) is 0.949. The highest BCUT2D eigenvalue weighted by molar-refractivity contribution is 14.0. The van der Waals surface area contributed by atoms with Crippen LogP contribution in [0.5, 0.6) is 0 Å². The van der Waals surface area contributed by atoms with E-state index in [1.165, 1.54) is 18.4 Å². The molecule has 0 amide bonds. The quantitative estimate of drug-likeness (QED) is 0.348. The van der Waals surface area contributed by atoms with Crippen molar-refractivity contribution < 1.29 is 4.74 Å². The van der Waals surface area contributed by atoms with Crippen molar-refractivity contribution in [2.45, 2.75) is 42.8 Å². The fourth-order valence-electron chi connectivity index (χ4n) is 3.50. The van der Waals surface area contributed by atoms with E-state index < -0.39 is 0 Å². The van der Waals surface area contributed by atoms with Gasteiger partial charge in [-0.1, -0.05) is 30.3 Å². The lowest BCUT2D eigenvalue weighted by Gasteiger charge is -2.34. The summed E-state index contributed by atoms with van der Waals surface area (Å²) < 4.78 is 5.77. The minimum Gasteiger partial charge on any atom is -0.381 e. The number of halogens is 1. The van der Waals surface area contributed by atoms with Gasteiger partial charge in [-0.15, -0.1) is 24.0 Å². The number of nitrogens with one attached hydrogen (secondary N) is 2. The number of benzene rings is 1. The standard InChI is InChI=1S/C20H31N3OS.HI/c1-3-21-18(23-16-20(25-2)11-13-24-14-12-20)22-15-19(9-10-19)17-7-5-4-6-8-17;/h4-8H,3,9-16H2,1-2H3,(H2,21,22,23);1H. The van der Waals surface area contributed by atoms with E-state index in [-0.39, 0.29) is 28.7 Å². The molecule has 1 saturated carbocycles. The number of rotatable bonds is 7. The summed E-state index contributed by atoms with van der Waals surface area (Å²) in [5.41, 5.74) is 1.75. The number of nitrogens with zero attached hydrogens (tertiary/aromatic N) is 1. The van der Waals surface area contributed by atoms with Crippen molar-refractivity contribution in [3.05, 3.63) is 35.9 Å². The van der Waals surface area contributed by atoms with Crippen LogP contribution >= 0.6 is 35.7 Å². The first kappa shape index (κ1) is 21.8. The van der Waals surface area contributed by atoms with Crippen LogP contribution in [0.3, 0.4) is 0 Å². The molecular formula is C20H32IN3OS. The van der Waals surface area contributed by atoms with Crippen molar-refractivity contribution in [2.75, 3.05) is 39.1 Å². The molecule has 0 unspecified atom stereocenters. The van der Waals surface area contributed by atoms with Crippen molar-refractivity contribution >= 4 is 41.7 Å². The minimum absolute atomic E-state index is 0. The van der Waals surface area contributed by atoms with Crippen LogP contribution in [-0.2, 0) is 10.2 Å². The van der Waals surface area contributed by atoms with E-state index in [1.54, 1.807) is 0 Å². The molecule has 6 heteroatoms. The SMILES string of the molecule is CCNC(=NCC1(SC)CCOCC1)NCC1(c2ccccc2)CC1.I. The third kappa shape index (κ3) is 5.52. The maximum absolute atomic E-state index is 5.54. The lowest BCUT2D eigenvalue weighted by molar-refractivity contribution is 0.0794. The fraction of sp³-hybridized carbons (Fsp3) is 0.650. The minimum atomic E-state index is 0. The van der Waals surface area contributed by atoms with Crippen LogP contribution in [0.25, 0.3) is 0 Å². The second kappa shape index (κ2) is 10.2. The zero-order chi connectivity index (χ0) is 17.6. The highest BCUT2D eigenvalue weighted by Gasteiger charge is 2.44. The van der Waals surface area contributed by atoms with Gasteiger partial charge in [-0.05, 0) is 44.4 Å². The Kier molecular flexibility index (Phi) is 8.54. The van der Waals surface area contributed by atoms with E-state index >= 15 is 0 Å². The molecule has 0 bridgehead atoms. The number of ether oxygens (including phenoxy) is 1. The summed E-state index contributed by atoms with van der Waals surface area (Å²) in [6.45, 7) is 6.54. The largest absolute Gasteiger partial charge is 0.381 e. The van der Waals surface area contributed by atoms with E-state index in [0.29, 0.717) is 5.41 Å². The van der Waals surface area contributed by atoms with E-state index in [0.717, 1.165) is 51.6 Å². The molecular weight excluding hydrogens is 457 g/mol. The maximum atomic E-state index is 5.54. The lowest BCUT2D eigenvalue weighted by Crippen LogP contribution is -2.43. The monoisotopic (exact) mass is 489 g/mol. The predicted molar refractivity (Wildman–Crippen MR) is 123 cm³/mol. The van der Waals surface area contributed by atoms with Crippen molar-refractivity contribution in [1.29, 1.82) is 0 Å². The summed E-state index contributed by atoms with van der Waals surface area (Å²) in [5, 5.41) is 7.01. The van der Waals surface area contributed by atoms with E-state index in [2.05, 4.69) is 54.1 Å². The Labute approximate surface area is 179 Å². The molecule has 2 fully saturated rings. The fourth-order valence-corrected chi connectivity index (χ4v) is 4.27. The zero-order valence-corrected chi connectivity index (χ0v) is 19.1. The van der Waals surface area contributed by atoms with Crippen molar-refractivity contribution in [2.24, 2.45) is 4.99 Å². The molecule has 146 valence electrons. The van der Waals surface area contributed by atoms with Crippen LogP contribution in [-0.4, -0.2) is 49.8 Å². The molecule has 0 radical (unpaired) electrons. The Hall–Kier alpha value is -0.470. The Bertz CT molecular complexity index is 572. The van der Waals surface area contributed by atoms with Gasteiger partial charge < -0.3 is 15.4 Å². The molecule has 2 aliphatic rings. The first-order valence-electron chi connectivity index (χ1n) is 9.43. The molecule has 2 N–H and O–H groups in total. The summed E-state index contributed by atoms with van der Waals surface area (Å²) in [7, 11) is 0. The summed E-state index contributed by atoms with van der Waals surface area (Å²) in [4.78, 5) is 4.92. The third-order valence-electron chi connectivity index (χ3n) is 5.54. The Morgan fingerprint density at radius 3 is 2.38 bits per heavy atom. The summed E-state index contributed by atoms with van der Waals surface area (Å²) in [6.07, 6.45) is 6.90. The average molecular weight is 489 g/mol. The molecule has 0 aromatic heterocycles. The van der Waals surface area contributed by atoms with Gasteiger partial charge in [0.2, 0.25) is 0 Å². The van der Waals surface area contributed by atoms with E-state index in [1.807, 2.05) is 11.8 Å². The molecule has 0 spiro atoms. The second-order valence-corrected chi connectivity index (χ2v) is 8.47. The maximum Gasteiger partial charge on any atom is 0.191 e.